The third-order valence-corrected chi connectivity index (χ3v) is 11.3. The van der Waals surface area contributed by atoms with E-state index in [9.17, 15) is 19.8 Å². The summed E-state index contributed by atoms with van der Waals surface area (Å²) in [7, 11) is 0. The molecule has 0 aromatic heterocycles. The number of nitrogens with one attached hydrogen (secondary N) is 1. The molecule has 3 N–H and O–H groups in total. The number of carbonyl (C=O) groups excluding carboxylic acids is 2. The summed E-state index contributed by atoms with van der Waals surface area (Å²) >= 11 is 0. The average molecular weight is 828 g/mol. The van der Waals surface area contributed by atoms with Crippen LogP contribution in [-0.2, 0) is 14.3 Å². The van der Waals surface area contributed by atoms with E-state index in [4.69, 9.17) is 4.74 Å². The number of rotatable bonds is 46. The van der Waals surface area contributed by atoms with E-state index >= 15 is 0 Å². The molecule has 2 unspecified atom stereocenters. The van der Waals surface area contributed by atoms with Crippen molar-refractivity contribution in [3.8, 4) is 0 Å². The third kappa shape index (κ3) is 45.2. The van der Waals surface area contributed by atoms with Crippen LogP contribution in [0.3, 0.4) is 0 Å². The molecule has 0 aliphatic rings. The molecule has 0 saturated carbocycles. The second kappa shape index (κ2) is 48.5. The van der Waals surface area contributed by atoms with Gasteiger partial charge < -0.3 is 20.3 Å². The van der Waals surface area contributed by atoms with Gasteiger partial charge >= 0.3 is 5.97 Å². The van der Waals surface area contributed by atoms with Crippen LogP contribution < -0.4 is 5.32 Å². The first-order valence-electron chi connectivity index (χ1n) is 25.4. The highest BCUT2D eigenvalue weighted by Crippen LogP contribution is 2.14. The van der Waals surface area contributed by atoms with Crippen LogP contribution in [0.1, 0.15) is 251 Å². The quantitative estimate of drug-likeness (QED) is 0.0323. The number of aliphatic hydroxyl groups is 2. The topological polar surface area (TPSA) is 95.9 Å². The number of allylic oxidation sites excluding steroid dienone is 7. The molecule has 0 aliphatic heterocycles. The summed E-state index contributed by atoms with van der Waals surface area (Å²) in [4.78, 5) is 24.4. The van der Waals surface area contributed by atoms with Crippen molar-refractivity contribution in [2.45, 2.75) is 264 Å². The molecule has 344 valence electrons. The maximum absolute atomic E-state index is 12.3. The first-order valence-corrected chi connectivity index (χ1v) is 25.4. The number of hydrogen-bond acceptors (Lipinski definition) is 5. The summed E-state index contributed by atoms with van der Waals surface area (Å²) in [5.74, 6) is -0.172. The maximum Gasteiger partial charge on any atom is 0.305 e. The minimum absolute atomic E-state index is 0.0202. The zero-order valence-electron chi connectivity index (χ0n) is 39.0. The van der Waals surface area contributed by atoms with E-state index in [0.29, 0.717) is 25.9 Å². The molecule has 0 aromatic carbocycles. The molecule has 59 heavy (non-hydrogen) atoms. The molecule has 0 saturated heterocycles. The Morgan fingerprint density at radius 2 is 0.864 bits per heavy atom. The van der Waals surface area contributed by atoms with Crippen molar-refractivity contribution < 1.29 is 24.5 Å². The summed E-state index contributed by atoms with van der Waals surface area (Å²) in [6.07, 6.45) is 59.9. The lowest BCUT2D eigenvalue weighted by Crippen LogP contribution is -2.45. The van der Waals surface area contributed by atoms with Crippen LogP contribution in [0, 0.1) is 0 Å². The maximum atomic E-state index is 12.3. The van der Waals surface area contributed by atoms with Gasteiger partial charge in [0.25, 0.3) is 0 Å². The monoisotopic (exact) mass is 828 g/mol. The Hall–Kier alpha value is -2.18. The number of unbranched alkanes of at least 4 members (excludes halogenated alkanes) is 29. The van der Waals surface area contributed by atoms with Crippen molar-refractivity contribution in [3.63, 3.8) is 0 Å². The van der Waals surface area contributed by atoms with E-state index in [1.807, 2.05) is 12.2 Å². The van der Waals surface area contributed by atoms with Gasteiger partial charge in [0, 0.05) is 12.8 Å². The van der Waals surface area contributed by atoms with E-state index in [0.717, 1.165) is 51.4 Å². The Bertz CT molecular complexity index is 1000. The van der Waals surface area contributed by atoms with Gasteiger partial charge in [0.15, 0.2) is 0 Å². The van der Waals surface area contributed by atoms with Gasteiger partial charge in [0.2, 0.25) is 5.91 Å². The molecule has 0 heterocycles. The summed E-state index contributed by atoms with van der Waals surface area (Å²) in [5.41, 5.74) is 0. The molecule has 0 spiro atoms. The number of aliphatic hydroxyl groups excluding tert-OH is 2. The van der Waals surface area contributed by atoms with Crippen LogP contribution in [0.15, 0.2) is 48.6 Å². The summed E-state index contributed by atoms with van der Waals surface area (Å²) < 4.78 is 5.46. The standard InChI is InChI=1S/C53H97NO5/c1-3-5-7-9-11-13-15-16-17-18-19-20-21-24-27-31-35-39-43-47-53(58)59-48-44-40-36-32-28-25-22-23-26-30-34-38-42-46-52(57)54-50(49-55)51(56)45-41-37-33-29-14-12-10-8-6-4-2/h16-17,23,26,34,38,41,45,50-51,55-56H,3-15,18-22,24-25,27-33,35-37,39-40,42-44,46-49H2,1-2H3,(H,54,57)/b17-16-,26-23-,38-34-,45-41+. The van der Waals surface area contributed by atoms with Crippen molar-refractivity contribution in [3.05, 3.63) is 48.6 Å². The highest BCUT2D eigenvalue weighted by Gasteiger charge is 2.17. The van der Waals surface area contributed by atoms with E-state index in [1.165, 1.54) is 167 Å². The minimum Gasteiger partial charge on any atom is -0.466 e. The molecule has 1 amide bonds. The molecule has 0 fully saturated rings. The summed E-state index contributed by atoms with van der Waals surface area (Å²) in [5, 5.41) is 22.8. The Morgan fingerprint density at radius 3 is 1.34 bits per heavy atom. The Morgan fingerprint density at radius 1 is 0.475 bits per heavy atom. The van der Waals surface area contributed by atoms with Crippen molar-refractivity contribution in [1.29, 1.82) is 0 Å². The molecule has 0 radical (unpaired) electrons. The predicted molar refractivity (Wildman–Crippen MR) is 255 cm³/mol. The van der Waals surface area contributed by atoms with Crippen LogP contribution >= 0.6 is 0 Å². The van der Waals surface area contributed by atoms with Crippen molar-refractivity contribution >= 4 is 11.9 Å². The summed E-state index contributed by atoms with van der Waals surface area (Å²) in [6, 6.07) is -0.671. The van der Waals surface area contributed by atoms with Crippen LogP contribution in [0.2, 0.25) is 0 Å². The first kappa shape index (κ1) is 56.8. The van der Waals surface area contributed by atoms with Crippen LogP contribution in [0.25, 0.3) is 0 Å². The Labute approximate surface area is 366 Å². The molecule has 6 nitrogen and oxygen atoms in total. The molecule has 2 atom stereocenters. The average Bonchev–Trinajstić information content (AvgIpc) is 3.24. The zero-order valence-corrected chi connectivity index (χ0v) is 39.0. The van der Waals surface area contributed by atoms with Crippen molar-refractivity contribution in [2.24, 2.45) is 0 Å². The lowest BCUT2D eigenvalue weighted by atomic mass is 10.1. The molecule has 0 aromatic rings. The molecular weight excluding hydrogens is 731 g/mol. The van der Waals surface area contributed by atoms with Gasteiger partial charge in [-0.05, 0) is 77.0 Å². The SMILES string of the molecule is CCCCCCCC/C=C\CCCCCCCCCCCC(=O)OCCCCCCCC/C=C\C/C=C\CCC(=O)NC(CO)C(O)/C=C/CCCCCCCCCC. The Balaban J connectivity index is 3.53. The largest absolute Gasteiger partial charge is 0.466 e. The van der Waals surface area contributed by atoms with Crippen LogP contribution in [0.5, 0.6) is 0 Å². The summed E-state index contributed by atoms with van der Waals surface area (Å²) in [6.45, 7) is 4.80. The van der Waals surface area contributed by atoms with Gasteiger partial charge in [-0.15, -0.1) is 0 Å². The van der Waals surface area contributed by atoms with E-state index in [-0.39, 0.29) is 18.5 Å². The fourth-order valence-corrected chi connectivity index (χ4v) is 7.38. The fraction of sp³-hybridized carbons (Fsp3) is 0.811. The molecule has 0 bridgehead atoms. The lowest BCUT2D eigenvalue weighted by molar-refractivity contribution is -0.143. The molecule has 6 heteroatoms. The van der Waals surface area contributed by atoms with Gasteiger partial charge in [0.05, 0.1) is 25.4 Å². The van der Waals surface area contributed by atoms with Gasteiger partial charge in [-0.25, -0.2) is 0 Å². The van der Waals surface area contributed by atoms with Crippen LogP contribution in [0.4, 0.5) is 0 Å². The van der Waals surface area contributed by atoms with Gasteiger partial charge in [-0.1, -0.05) is 210 Å². The highest BCUT2D eigenvalue weighted by atomic mass is 16.5. The zero-order chi connectivity index (χ0) is 43.0. The van der Waals surface area contributed by atoms with Crippen molar-refractivity contribution in [2.75, 3.05) is 13.2 Å². The van der Waals surface area contributed by atoms with Gasteiger partial charge in [0.1, 0.15) is 0 Å². The van der Waals surface area contributed by atoms with Gasteiger partial charge in [-0.3, -0.25) is 9.59 Å². The number of hydrogen-bond donors (Lipinski definition) is 3. The minimum atomic E-state index is -0.878. The third-order valence-electron chi connectivity index (χ3n) is 11.3. The normalized spacial score (nSPS) is 13.1. The second-order valence-corrected chi connectivity index (χ2v) is 17.1. The van der Waals surface area contributed by atoms with Crippen LogP contribution in [-0.4, -0.2) is 47.4 Å². The predicted octanol–water partition coefficient (Wildman–Crippen LogP) is 15.1. The molecule has 0 aliphatic carbocycles. The second-order valence-electron chi connectivity index (χ2n) is 17.1. The number of ether oxygens (including phenoxy) is 1. The van der Waals surface area contributed by atoms with Gasteiger partial charge in [-0.2, -0.15) is 0 Å². The lowest BCUT2D eigenvalue weighted by Gasteiger charge is -2.19. The fourth-order valence-electron chi connectivity index (χ4n) is 7.38. The molecular formula is C53H97NO5. The highest BCUT2D eigenvalue weighted by molar-refractivity contribution is 5.76. The smallest absolute Gasteiger partial charge is 0.305 e. The van der Waals surface area contributed by atoms with E-state index < -0.39 is 12.1 Å². The Kier molecular flexibility index (Phi) is 46.7. The van der Waals surface area contributed by atoms with E-state index in [1.54, 1.807) is 6.08 Å². The van der Waals surface area contributed by atoms with E-state index in [2.05, 4.69) is 49.5 Å². The first-order chi connectivity index (χ1) is 29.0. The van der Waals surface area contributed by atoms with Crippen molar-refractivity contribution in [1.82, 2.24) is 5.32 Å². The number of carbonyl (C=O) groups is 2. The molecule has 0 rings (SSSR count). The number of esters is 1. The number of amides is 1.